The normalized spacial score (nSPS) is 20.0. The van der Waals surface area contributed by atoms with Crippen molar-refractivity contribution in [1.29, 1.82) is 0 Å². The Bertz CT molecular complexity index is 728. The van der Waals surface area contributed by atoms with Crippen LogP contribution in [0.2, 0.25) is 0 Å². The van der Waals surface area contributed by atoms with Gasteiger partial charge in [0.1, 0.15) is 0 Å². The van der Waals surface area contributed by atoms with Crippen LogP contribution in [0.3, 0.4) is 0 Å². The predicted octanol–water partition coefficient (Wildman–Crippen LogP) is 3.18. The largest absolute Gasteiger partial charge is 0.373 e. The molecule has 2 heterocycles. The fourth-order valence-electron chi connectivity index (χ4n) is 3.37. The van der Waals surface area contributed by atoms with E-state index in [0.717, 1.165) is 37.6 Å². The maximum atomic E-state index is 6.11. The zero-order valence-electron chi connectivity index (χ0n) is 16.3. The smallest absolute Gasteiger partial charge is 0.191 e. The summed E-state index contributed by atoms with van der Waals surface area (Å²) < 4.78 is 7.97. The third kappa shape index (κ3) is 5.93. The molecule has 0 spiro atoms. The van der Waals surface area contributed by atoms with Gasteiger partial charge in [-0.25, -0.2) is 0 Å². The topological polar surface area (TPSA) is 63.5 Å². The third-order valence-corrected chi connectivity index (χ3v) is 4.97. The number of hydrogen-bond acceptors (Lipinski definition) is 3. The predicted molar refractivity (Wildman–Crippen MR) is 119 cm³/mol. The molecule has 7 heteroatoms. The highest BCUT2D eigenvalue weighted by molar-refractivity contribution is 14.0. The molecule has 1 aliphatic heterocycles. The van der Waals surface area contributed by atoms with Gasteiger partial charge in [0.15, 0.2) is 5.96 Å². The van der Waals surface area contributed by atoms with Crippen LogP contribution in [0, 0.1) is 12.8 Å². The van der Waals surface area contributed by atoms with Crippen LogP contribution in [-0.2, 0) is 18.3 Å². The average molecular weight is 483 g/mol. The van der Waals surface area contributed by atoms with E-state index >= 15 is 0 Å². The second kappa shape index (κ2) is 10.7. The quantitative estimate of drug-likeness (QED) is 0.390. The maximum Gasteiger partial charge on any atom is 0.191 e. The fraction of sp³-hybridized carbons (Fsp3) is 0.500. The number of hydrogen-bond donors (Lipinski definition) is 2. The molecule has 0 aliphatic carbocycles. The van der Waals surface area contributed by atoms with Crippen LogP contribution in [0.5, 0.6) is 0 Å². The minimum Gasteiger partial charge on any atom is -0.373 e. The van der Waals surface area contributed by atoms with E-state index in [-0.39, 0.29) is 30.1 Å². The Morgan fingerprint density at radius 2 is 2.04 bits per heavy atom. The molecule has 0 saturated carbocycles. The van der Waals surface area contributed by atoms with Crippen molar-refractivity contribution in [3.05, 3.63) is 53.3 Å². The number of aryl methyl sites for hydroxylation is 2. The van der Waals surface area contributed by atoms with Crippen LogP contribution >= 0.6 is 24.0 Å². The van der Waals surface area contributed by atoms with Gasteiger partial charge in [-0.15, -0.1) is 24.0 Å². The van der Waals surface area contributed by atoms with Crippen molar-refractivity contribution in [2.75, 3.05) is 20.2 Å². The molecule has 2 unspecified atom stereocenters. The summed E-state index contributed by atoms with van der Waals surface area (Å²) in [5.74, 6) is 1.24. The number of aromatic nitrogens is 2. The van der Waals surface area contributed by atoms with E-state index in [9.17, 15) is 0 Å². The van der Waals surface area contributed by atoms with Gasteiger partial charge < -0.3 is 15.4 Å². The van der Waals surface area contributed by atoms with Gasteiger partial charge in [-0.2, -0.15) is 5.10 Å². The molecule has 2 N–H and O–H groups in total. The van der Waals surface area contributed by atoms with Gasteiger partial charge in [0, 0.05) is 39.4 Å². The van der Waals surface area contributed by atoms with Crippen molar-refractivity contribution >= 4 is 29.9 Å². The van der Waals surface area contributed by atoms with Gasteiger partial charge in [-0.05, 0) is 31.4 Å². The van der Waals surface area contributed by atoms with E-state index in [1.807, 2.05) is 17.8 Å². The molecule has 27 heavy (non-hydrogen) atoms. The number of ether oxygens (including phenoxy) is 1. The molecule has 1 aromatic carbocycles. The summed E-state index contributed by atoms with van der Waals surface area (Å²) in [6, 6.07) is 10.7. The summed E-state index contributed by atoms with van der Waals surface area (Å²) in [7, 11) is 3.74. The monoisotopic (exact) mass is 483 g/mol. The zero-order valence-corrected chi connectivity index (χ0v) is 18.6. The van der Waals surface area contributed by atoms with Crippen molar-refractivity contribution in [3.8, 4) is 0 Å². The second-order valence-electron chi connectivity index (χ2n) is 6.86. The molecule has 0 bridgehead atoms. The van der Waals surface area contributed by atoms with Crippen molar-refractivity contribution in [3.63, 3.8) is 0 Å². The molecule has 2 aromatic rings. The van der Waals surface area contributed by atoms with E-state index < -0.39 is 0 Å². The highest BCUT2D eigenvalue weighted by Crippen LogP contribution is 2.33. The number of nitrogens with zero attached hydrogens (tertiary/aromatic N) is 3. The summed E-state index contributed by atoms with van der Waals surface area (Å²) in [5, 5.41) is 11.0. The highest BCUT2D eigenvalue weighted by atomic mass is 127. The van der Waals surface area contributed by atoms with Gasteiger partial charge in [-0.1, -0.05) is 29.8 Å². The SMILES string of the molecule is CN=C(NCc1ccnn1C)NCC1CCCOC1c1ccc(C)cc1.I. The zero-order chi connectivity index (χ0) is 18.4. The Kier molecular flexibility index (Phi) is 8.56. The summed E-state index contributed by atoms with van der Waals surface area (Å²) in [6.45, 7) is 4.48. The van der Waals surface area contributed by atoms with E-state index in [0.29, 0.717) is 12.5 Å². The third-order valence-electron chi connectivity index (χ3n) is 4.97. The maximum absolute atomic E-state index is 6.11. The van der Waals surface area contributed by atoms with Gasteiger partial charge in [0.25, 0.3) is 0 Å². The average Bonchev–Trinajstić information content (AvgIpc) is 3.08. The number of nitrogens with one attached hydrogen (secondary N) is 2. The Balaban J connectivity index is 0.00000261. The molecule has 1 aliphatic rings. The Hall–Kier alpha value is -1.61. The van der Waals surface area contributed by atoms with Gasteiger partial charge >= 0.3 is 0 Å². The van der Waals surface area contributed by atoms with Crippen LogP contribution in [0.15, 0.2) is 41.5 Å². The van der Waals surface area contributed by atoms with Gasteiger partial charge in [0.2, 0.25) is 0 Å². The van der Waals surface area contributed by atoms with Gasteiger partial charge in [-0.3, -0.25) is 9.67 Å². The summed E-state index contributed by atoms with van der Waals surface area (Å²) in [6.07, 6.45) is 4.21. The summed E-state index contributed by atoms with van der Waals surface area (Å²) in [5.41, 5.74) is 3.66. The fourth-order valence-corrected chi connectivity index (χ4v) is 3.37. The molecular weight excluding hydrogens is 453 g/mol. The van der Waals surface area contributed by atoms with Crippen molar-refractivity contribution < 1.29 is 4.74 Å². The molecule has 148 valence electrons. The van der Waals surface area contributed by atoms with E-state index in [1.54, 1.807) is 13.2 Å². The minimum absolute atomic E-state index is 0. The second-order valence-corrected chi connectivity index (χ2v) is 6.86. The van der Waals surface area contributed by atoms with E-state index in [4.69, 9.17) is 4.74 Å². The van der Waals surface area contributed by atoms with Crippen LogP contribution in [0.1, 0.15) is 35.8 Å². The molecule has 1 fully saturated rings. The minimum atomic E-state index is 0. The molecule has 0 radical (unpaired) electrons. The van der Waals surface area contributed by atoms with Crippen LogP contribution in [0.4, 0.5) is 0 Å². The Morgan fingerprint density at radius 1 is 1.26 bits per heavy atom. The lowest BCUT2D eigenvalue weighted by molar-refractivity contribution is -0.0265. The molecule has 0 amide bonds. The number of guanidine groups is 1. The summed E-state index contributed by atoms with van der Waals surface area (Å²) in [4.78, 5) is 4.33. The Morgan fingerprint density at radius 3 is 2.70 bits per heavy atom. The molecule has 1 saturated heterocycles. The van der Waals surface area contributed by atoms with Crippen molar-refractivity contribution in [2.45, 2.75) is 32.4 Å². The van der Waals surface area contributed by atoms with Crippen LogP contribution in [0.25, 0.3) is 0 Å². The first-order valence-corrected chi connectivity index (χ1v) is 9.27. The van der Waals surface area contributed by atoms with Crippen LogP contribution in [-0.4, -0.2) is 35.9 Å². The van der Waals surface area contributed by atoms with E-state index in [2.05, 4.69) is 51.9 Å². The molecular formula is C20H30IN5O. The first-order valence-electron chi connectivity index (χ1n) is 9.27. The Labute approximate surface area is 178 Å². The lowest BCUT2D eigenvalue weighted by atomic mass is 9.89. The van der Waals surface area contributed by atoms with E-state index in [1.165, 1.54) is 11.1 Å². The number of halogens is 1. The number of benzene rings is 1. The van der Waals surface area contributed by atoms with Gasteiger partial charge in [0.05, 0.1) is 18.3 Å². The highest BCUT2D eigenvalue weighted by Gasteiger charge is 2.27. The molecule has 1 aromatic heterocycles. The van der Waals surface area contributed by atoms with Crippen molar-refractivity contribution in [2.24, 2.45) is 18.0 Å². The lowest BCUT2D eigenvalue weighted by Crippen LogP contribution is -2.41. The summed E-state index contributed by atoms with van der Waals surface area (Å²) >= 11 is 0. The van der Waals surface area contributed by atoms with Crippen LogP contribution < -0.4 is 10.6 Å². The lowest BCUT2D eigenvalue weighted by Gasteiger charge is -2.32. The first kappa shape index (κ1) is 21.7. The first-order chi connectivity index (χ1) is 12.7. The number of rotatable bonds is 5. The number of aliphatic imine (C=N–C) groups is 1. The standard InChI is InChI=1S/C20H29N5O.HI/c1-15-6-8-16(9-7-15)19-17(5-4-12-26-19)13-22-20(21-2)23-14-18-10-11-24-25(18)3;/h6-11,17,19H,4-5,12-14H2,1-3H3,(H2,21,22,23);1H. The van der Waals surface area contributed by atoms with Crippen molar-refractivity contribution in [1.82, 2.24) is 20.4 Å². The molecule has 3 rings (SSSR count). The molecule has 6 nitrogen and oxygen atoms in total. The molecule has 2 atom stereocenters.